The van der Waals surface area contributed by atoms with Crippen LogP contribution >= 0.6 is 23.4 Å². The van der Waals surface area contributed by atoms with Crippen molar-refractivity contribution in [3.05, 3.63) is 70.5 Å². The normalized spacial score (nSPS) is 18.0. The van der Waals surface area contributed by atoms with Crippen molar-refractivity contribution in [2.45, 2.75) is 43.1 Å². The number of nitrogens with zero attached hydrogens (tertiary/aromatic N) is 3. The molecule has 29 heavy (non-hydrogen) atoms. The molecule has 2 atom stereocenters. The first-order valence-corrected chi connectivity index (χ1v) is 10.9. The third-order valence-corrected chi connectivity index (χ3v) is 6.40. The van der Waals surface area contributed by atoms with E-state index in [1.54, 1.807) is 24.3 Å². The summed E-state index contributed by atoms with van der Waals surface area (Å²) in [4.78, 5) is 13.2. The number of amides is 1. The molecule has 0 bridgehead atoms. The first-order chi connectivity index (χ1) is 14.1. The Kier molecular flexibility index (Phi) is 5.78. The van der Waals surface area contributed by atoms with Gasteiger partial charge < -0.3 is 10.7 Å². The van der Waals surface area contributed by atoms with Gasteiger partial charge in [0.25, 0.3) is 0 Å². The zero-order chi connectivity index (χ0) is 20.4. The molecule has 0 radical (unpaired) electrons. The van der Waals surface area contributed by atoms with E-state index in [9.17, 15) is 4.79 Å². The fourth-order valence-electron chi connectivity index (χ4n) is 3.29. The van der Waals surface area contributed by atoms with E-state index in [0.717, 1.165) is 24.2 Å². The first kappa shape index (κ1) is 19.8. The van der Waals surface area contributed by atoms with E-state index in [4.69, 9.17) is 11.6 Å². The first-order valence-electron chi connectivity index (χ1n) is 9.61. The average Bonchev–Trinajstić information content (AvgIpc) is 3.16. The van der Waals surface area contributed by atoms with Gasteiger partial charge in [0.05, 0.1) is 6.04 Å². The molecule has 8 heteroatoms. The van der Waals surface area contributed by atoms with Gasteiger partial charge in [0.2, 0.25) is 11.1 Å². The topological polar surface area (TPSA) is 71.8 Å². The van der Waals surface area contributed by atoms with Gasteiger partial charge in [-0.2, -0.15) is 0 Å². The van der Waals surface area contributed by atoms with Gasteiger partial charge in [-0.3, -0.25) is 4.79 Å². The van der Waals surface area contributed by atoms with Crippen LogP contribution in [0.5, 0.6) is 0 Å². The van der Waals surface area contributed by atoms with E-state index in [1.165, 1.54) is 17.3 Å². The van der Waals surface area contributed by atoms with Crippen molar-refractivity contribution in [1.82, 2.24) is 14.9 Å². The van der Waals surface area contributed by atoms with Crippen molar-refractivity contribution in [2.75, 3.05) is 10.7 Å². The van der Waals surface area contributed by atoms with E-state index in [2.05, 4.69) is 52.1 Å². The number of benzene rings is 2. The van der Waals surface area contributed by atoms with Crippen LogP contribution in [-0.2, 0) is 17.6 Å². The number of hydrogen-bond donors (Lipinski definition) is 2. The quantitative estimate of drug-likeness (QED) is 0.629. The van der Waals surface area contributed by atoms with Gasteiger partial charge in [-0.15, -0.1) is 10.2 Å². The largest absolute Gasteiger partial charge is 0.325 e. The number of hydrogen-bond acceptors (Lipinski definition) is 5. The highest BCUT2D eigenvalue weighted by Gasteiger charge is 2.37. The van der Waals surface area contributed by atoms with Crippen LogP contribution in [0.1, 0.15) is 36.8 Å². The van der Waals surface area contributed by atoms with Crippen LogP contribution in [0.2, 0.25) is 5.02 Å². The second-order valence-electron chi connectivity index (χ2n) is 6.82. The molecule has 2 heterocycles. The van der Waals surface area contributed by atoms with Crippen LogP contribution in [-0.4, -0.2) is 26.0 Å². The van der Waals surface area contributed by atoms with Crippen LogP contribution in [0, 0.1) is 0 Å². The Labute approximate surface area is 179 Å². The summed E-state index contributed by atoms with van der Waals surface area (Å²) in [7, 11) is 0. The predicted molar refractivity (Wildman–Crippen MR) is 117 cm³/mol. The minimum absolute atomic E-state index is 0.0957. The second-order valence-corrected chi connectivity index (χ2v) is 8.37. The molecule has 0 aliphatic carbocycles. The molecule has 4 rings (SSSR count). The van der Waals surface area contributed by atoms with Gasteiger partial charge in [-0.05, 0) is 41.8 Å². The van der Waals surface area contributed by atoms with Crippen molar-refractivity contribution in [1.29, 1.82) is 0 Å². The van der Waals surface area contributed by atoms with Gasteiger partial charge >= 0.3 is 0 Å². The molecule has 0 unspecified atom stereocenters. The number of carbonyl (C=O) groups excluding carboxylic acids is 1. The molecule has 1 amide bonds. The Balaban J connectivity index is 1.65. The highest BCUT2D eigenvalue weighted by atomic mass is 35.5. The lowest BCUT2D eigenvalue weighted by atomic mass is 10.0. The fraction of sp³-hybridized carbons (Fsp3) is 0.286. The third-order valence-electron chi connectivity index (χ3n) is 4.94. The maximum absolute atomic E-state index is 13.2. The van der Waals surface area contributed by atoms with Gasteiger partial charge in [0.15, 0.2) is 5.82 Å². The Hall–Kier alpha value is -2.51. The van der Waals surface area contributed by atoms with Crippen LogP contribution in [0.3, 0.4) is 0 Å². The van der Waals surface area contributed by atoms with Crippen molar-refractivity contribution in [2.24, 2.45) is 0 Å². The molecule has 3 aromatic rings. The summed E-state index contributed by atoms with van der Waals surface area (Å²) >= 11 is 7.38. The number of nitrogens with one attached hydrogen (secondary N) is 2. The molecular weight excluding hydrogens is 406 g/mol. The Bertz CT molecular complexity index is 1000. The minimum Gasteiger partial charge on any atom is -0.325 e. The van der Waals surface area contributed by atoms with Gasteiger partial charge in [0.1, 0.15) is 5.25 Å². The van der Waals surface area contributed by atoms with Crippen molar-refractivity contribution in [3.8, 4) is 0 Å². The maximum Gasteiger partial charge on any atom is 0.240 e. The molecule has 150 valence electrons. The number of aryl methyl sites for hydroxylation is 2. The third kappa shape index (κ3) is 4.11. The van der Waals surface area contributed by atoms with Crippen LogP contribution in [0.25, 0.3) is 0 Å². The number of carbonyl (C=O) groups is 1. The molecule has 0 spiro atoms. The molecule has 6 nitrogen and oxygen atoms in total. The van der Waals surface area contributed by atoms with Crippen molar-refractivity contribution >= 4 is 35.0 Å². The highest BCUT2D eigenvalue weighted by molar-refractivity contribution is 8.00. The number of thioether (sulfide) groups is 1. The molecule has 0 fully saturated rings. The summed E-state index contributed by atoms with van der Waals surface area (Å²) < 4.78 is 1.90. The van der Waals surface area contributed by atoms with Crippen LogP contribution in [0.4, 0.5) is 5.69 Å². The highest BCUT2D eigenvalue weighted by Crippen LogP contribution is 2.37. The lowest BCUT2D eigenvalue weighted by Crippen LogP contribution is -2.41. The van der Waals surface area contributed by atoms with E-state index in [0.29, 0.717) is 15.9 Å². The Morgan fingerprint density at radius 3 is 2.48 bits per heavy atom. The molecule has 0 saturated heterocycles. The SMILES string of the molecule is CCc1ccc([C@@H]2Nn3c(CC)nnc3S[C@H]2C(=O)Nc2ccc(Cl)cc2)cc1. The number of fused-ring (bicyclic) bond motifs is 1. The van der Waals surface area contributed by atoms with Crippen molar-refractivity contribution < 1.29 is 4.79 Å². The average molecular weight is 428 g/mol. The number of anilines is 1. The van der Waals surface area contributed by atoms with Gasteiger partial charge in [-0.25, -0.2) is 4.68 Å². The fourth-order valence-corrected chi connectivity index (χ4v) is 4.51. The monoisotopic (exact) mass is 427 g/mol. The Morgan fingerprint density at radius 1 is 1.10 bits per heavy atom. The second kappa shape index (κ2) is 8.47. The van der Waals surface area contributed by atoms with Crippen LogP contribution < -0.4 is 10.7 Å². The van der Waals surface area contributed by atoms with E-state index < -0.39 is 5.25 Å². The number of rotatable bonds is 5. The summed E-state index contributed by atoms with van der Waals surface area (Å²) in [6.07, 6.45) is 1.73. The Morgan fingerprint density at radius 2 is 1.83 bits per heavy atom. The van der Waals surface area contributed by atoms with Gasteiger partial charge in [-0.1, -0.05) is 61.5 Å². The summed E-state index contributed by atoms with van der Waals surface area (Å²) in [6, 6.07) is 15.3. The zero-order valence-electron chi connectivity index (χ0n) is 16.2. The standard InChI is InChI=1S/C21H22ClN5OS/c1-3-13-5-7-14(8-6-13)18-19(20(28)23-16-11-9-15(22)10-12-16)29-21-25-24-17(4-2)27(21)26-18/h5-12,18-19,26H,3-4H2,1-2H3,(H,23,28)/t18-,19+/m0/s1. The summed E-state index contributed by atoms with van der Waals surface area (Å²) in [5, 5.41) is 12.4. The predicted octanol–water partition coefficient (Wildman–Crippen LogP) is 4.45. The molecule has 0 saturated carbocycles. The molecule has 2 N–H and O–H groups in total. The minimum atomic E-state index is -0.403. The lowest BCUT2D eigenvalue weighted by molar-refractivity contribution is -0.116. The molecule has 1 aromatic heterocycles. The zero-order valence-corrected chi connectivity index (χ0v) is 17.8. The van der Waals surface area contributed by atoms with E-state index in [-0.39, 0.29) is 11.9 Å². The van der Waals surface area contributed by atoms with E-state index >= 15 is 0 Å². The number of aromatic nitrogens is 3. The molecule has 2 aromatic carbocycles. The summed E-state index contributed by atoms with van der Waals surface area (Å²) in [6.45, 7) is 4.16. The number of halogens is 1. The van der Waals surface area contributed by atoms with Crippen molar-refractivity contribution in [3.63, 3.8) is 0 Å². The molecular formula is C21H22ClN5OS. The molecule has 1 aliphatic rings. The van der Waals surface area contributed by atoms with E-state index in [1.807, 2.05) is 11.6 Å². The lowest BCUT2D eigenvalue weighted by Gasteiger charge is -2.33. The van der Waals surface area contributed by atoms with Gasteiger partial charge in [0, 0.05) is 17.1 Å². The van der Waals surface area contributed by atoms with Crippen LogP contribution in [0.15, 0.2) is 53.7 Å². The summed E-state index contributed by atoms with van der Waals surface area (Å²) in [5.74, 6) is 0.751. The maximum atomic E-state index is 13.2. The summed E-state index contributed by atoms with van der Waals surface area (Å²) in [5.41, 5.74) is 6.49. The molecule has 1 aliphatic heterocycles. The smallest absolute Gasteiger partial charge is 0.240 e.